The second-order valence-corrected chi connectivity index (χ2v) is 1.32. The van der Waals surface area contributed by atoms with E-state index in [0.29, 0.717) is 0 Å². The SMILES string of the molecule is CCC.O=S([O-])[O-].[Na+].[Na+]. The average Bonchev–Trinajstić information content (AvgIpc) is 1.33. The fourth-order valence-corrected chi connectivity index (χ4v) is 0. The first kappa shape index (κ1) is 22.5. The predicted molar refractivity (Wildman–Crippen MR) is 25.7 cm³/mol. The van der Waals surface area contributed by atoms with E-state index >= 15 is 0 Å². The molecule has 0 aromatic rings. The molecule has 0 N–H and O–H groups in total. The van der Waals surface area contributed by atoms with Crippen molar-refractivity contribution in [1.29, 1.82) is 0 Å². The van der Waals surface area contributed by atoms with Gasteiger partial charge in [-0.2, -0.15) is 0 Å². The quantitative estimate of drug-likeness (QED) is 0.269. The molecule has 9 heavy (non-hydrogen) atoms. The maximum Gasteiger partial charge on any atom is 1.00 e. The largest absolute Gasteiger partial charge is 1.00 e. The van der Waals surface area contributed by atoms with E-state index in [2.05, 4.69) is 13.8 Å². The minimum atomic E-state index is -3.11. The van der Waals surface area contributed by atoms with Crippen molar-refractivity contribution in [3.8, 4) is 0 Å². The van der Waals surface area contributed by atoms with Gasteiger partial charge in [-0.25, -0.2) is 0 Å². The molecule has 0 amide bonds. The summed E-state index contributed by atoms with van der Waals surface area (Å²) in [6, 6.07) is 0. The van der Waals surface area contributed by atoms with Gasteiger partial charge in [0.15, 0.2) is 0 Å². The molecule has 0 aliphatic heterocycles. The summed E-state index contributed by atoms with van der Waals surface area (Å²) in [7, 11) is 0. The molecule has 0 heterocycles. The van der Waals surface area contributed by atoms with E-state index < -0.39 is 11.4 Å². The molecule has 0 saturated heterocycles. The molecule has 0 aliphatic carbocycles. The van der Waals surface area contributed by atoms with Crippen molar-refractivity contribution in [3.63, 3.8) is 0 Å². The molecule has 6 heteroatoms. The summed E-state index contributed by atoms with van der Waals surface area (Å²) in [6.45, 7) is 4.25. The summed E-state index contributed by atoms with van der Waals surface area (Å²) in [5.74, 6) is 0. The van der Waals surface area contributed by atoms with Crippen LogP contribution in [0.4, 0.5) is 0 Å². The van der Waals surface area contributed by atoms with Crippen LogP contribution in [0.5, 0.6) is 0 Å². The van der Waals surface area contributed by atoms with Gasteiger partial charge in [-0.15, -0.1) is 11.4 Å². The van der Waals surface area contributed by atoms with Crippen molar-refractivity contribution in [1.82, 2.24) is 0 Å². The van der Waals surface area contributed by atoms with Crippen molar-refractivity contribution in [3.05, 3.63) is 0 Å². The Morgan fingerprint density at radius 1 is 1.22 bits per heavy atom. The van der Waals surface area contributed by atoms with Gasteiger partial charge in [-0.1, -0.05) is 20.3 Å². The van der Waals surface area contributed by atoms with E-state index in [1.807, 2.05) is 0 Å². The zero-order chi connectivity index (χ0) is 6.28. The first-order chi connectivity index (χ1) is 3.15. The Hall–Kier alpha value is 2.07. The molecule has 46 valence electrons. The Morgan fingerprint density at radius 2 is 1.22 bits per heavy atom. The van der Waals surface area contributed by atoms with Gasteiger partial charge in [0, 0.05) is 0 Å². The summed E-state index contributed by atoms with van der Waals surface area (Å²) < 4.78 is 25.3. The Morgan fingerprint density at radius 3 is 1.22 bits per heavy atom. The van der Waals surface area contributed by atoms with Crippen molar-refractivity contribution in [2.45, 2.75) is 20.3 Å². The van der Waals surface area contributed by atoms with Crippen LogP contribution in [-0.4, -0.2) is 13.3 Å². The van der Waals surface area contributed by atoms with Gasteiger partial charge in [-0.05, 0) is 0 Å². The molecule has 0 unspecified atom stereocenters. The second-order valence-electron chi connectivity index (χ2n) is 0.911. The van der Waals surface area contributed by atoms with E-state index in [4.69, 9.17) is 13.3 Å². The van der Waals surface area contributed by atoms with Crippen LogP contribution in [0.1, 0.15) is 20.3 Å². The van der Waals surface area contributed by atoms with Crippen molar-refractivity contribution in [2.24, 2.45) is 0 Å². The molecular formula is C3H8Na2O3S. The third kappa shape index (κ3) is 153. The first-order valence-corrected chi connectivity index (χ1v) is 2.91. The van der Waals surface area contributed by atoms with Crippen LogP contribution >= 0.6 is 0 Å². The molecule has 0 radical (unpaired) electrons. The zero-order valence-corrected chi connectivity index (χ0v) is 11.2. The zero-order valence-electron chi connectivity index (χ0n) is 6.34. The Kier molecular flexibility index (Phi) is 56.1. The summed E-state index contributed by atoms with van der Waals surface area (Å²) in [4.78, 5) is 0. The molecule has 0 atom stereocenters. The smallest absolute Gasteiger partial charge is 0.784 e. The molecule has 0 rings (SSSR count). The van der Waals surface area contributed by atoms with Gasteiger partial charge >= 0.3 is 59.1 Å². The molecule has 0 spiro atoms. The van der Waals surface area contributed by atoms with Gasteiger partial charge in [0.2, 0.25) is 0 Å². The van der Waals surface area contributed by atoms with Crippen LogP contribution in [0.2, 0.25) is 0 Å². The molecule has 3 nitrogen and oxygen atoms in total. The Balaban J connectivity index is -0.0000000233. The van der Waals surface area contributed by atoms with E-state index in [-0.39, 0.29) is 59.1 Å². The van der Waals surface area contributed by atoms with E-state index in [9.17, 15) is 0 Å². The fourth-order valence-electron chi connectivity index (χ4n) is 0. The molecule has 0 aromatic carbocycles. The minimum absolute atomic E-state index is 0. The van der Waals surface area contributed by atoms with E-state index in [1.54, 1.807) is 0 Å². The number of rotatable bonds is 0. The van der Waals surface area contributed by atoms with Crippen LogP contribution in [-0.2, 0) is 11.4 Å². The van der Waals surface area contributed by atoms with Crippen molar-refractivity contribution in [2.75, 3.05) is 0 Å². The molecule has 0 saturated carbocycles. The van der Waals surface area contributed by atoms with Crippen LogP contribution in [0.25, 0.3) is 0 Å². The molecular weight excluding hydrogens is 162 g/mol. The van der Waals surface area contributed by atoms with Crippen molar-refractivity contribution < 1.29 is 72.4 Å². The number of hydrogen-bond donors (Lipinski definition) is 0. The molecule has 0 fully saturated rings. The summed E-state index contributed by atoms with van der Waals surface area (Å²) >= 11 is -3.11. The van der Waals surface area contributed by atoms with Gasteiger partial charge in [0.1, 0.15) is 0 Å². The maximum absolute atomic E-state index is 8.44. The second kappa shape index (κ2) is 22.5. The van der Waals surface area contributed by atoms with Gasteiger partial charge in [0.05, 0.1) is 0 Å². The number of hydrogen-bond acceptors (Lipinski definition) is 3. The monoisotopic (exact) mass is 170 g/mol. The maximum atomic E-state index is 8.44. The summed E-state index contributed by atoms with van der Waals surface area (Å²) in [5, 5.41) is 0. The van der Waals surface area contributed by atoms with Gasteiger partial charge < -0.3 is 9.11 Å². The normalized spacial score (nSPS) is 5.89. The average molecular weight is 170 g/mol. The van der Waals surface area contributed by atoms with Gasteiger partial charge in [-0.3, -0.25) is 4.21 Å². The summed E-state index contributed by atoms with van der Waals surface area (Å²) in [5.41, 5.74) is 0. The molecule has 0 bridgehead atoms. The van der Waals surface area contributed by atoms with Crippen LogP contribution in [0.15, 0.2) is 0 Å². The van der Waals surface area contributed by atoms with E-state index in [1.165, 1.54) is 6.42 Å². The first-order valence-electron chi connectivity index (χ1n) is 1.91. The third-order valence-electron chi connectivity index (χ3n) is 0. The Labute approximate surface area is 103 Å². The Bertz CT molecular complexity index is 48.3. The molecule has 0 aromatic heterocycles. The van der Waals surface area contributed by atoms with Crippen LogP contribution in [0, 0.1) is 0 Å². The molecule has 0 aliphatic rings. The van der Waals surface area contributed by atoms with E-state index in [0.717, 1.165) is 0 Å². The van der Waals surface area contributed by atoms with Crippen molar-refractivity contribution >= 4 is 11.4 Å². The van der Waals surface area contributed by atoms with Crippen LogP contribution < -0.4 is 59.1 Å². The summed E-state index contributed by atoms with van der Waals surface area (Å²) in [6.07, 6.45) is 1.25. The fraction of sp³-hybridized carbons (Fsp3) is 1.00. The topological polar surface area (TPSA) is 63.2 Å². The van der Waals surface area contributed by atoms with Crippen LogP contribution in [0.3, 0.4) is 0 Å². The third-order valence-corrected chi connectivity index (χ3v) is 0. The minimum Gasteiger partial charge on any atom is -0.784 e. The predicted octanol–water partition coefficient (Wildman–Crippen LogP) is -5.58. The standard InChI is InChI=1S/C3H8.2Na.H2O3S/c1-3-2;;;1-4(2)3/h3H2,1-2H3;;;(H2,1,2,3)/q;2*+1;/p-2. The van der Waals surface area contributed by atoms with Gasteiger partial charge in [0.25, 0.3) is 0 Å².